The van der Waals surface area contributed by atoms with Gasteiger partial charge in [0.1, 0.15) is 11.5 Å². The number of sulfonamides is 1. The predicted octanol–water partition coefficient (Wildman–Crippen LogP) is 2.76. The van der Waals surface area contributed by atoms with Gasteiger partial charge >= 0.3 is 0 Å². The summed E-state index contributed by atoms with van der Waals surface area (Å²) in [5.41, 5.74) is 2.38. The number of hydrogen-bond donors (Lipinski definition) is 0. The van der Waals surface area contributed by atoms with Crippen LogP contribution in [0.1, 0.15) is 11.1 Å². The van der Waals surface area contributed by atoms with E-state index in [0.717, 1.165) is 17.0 Å². The first-order valence-electron chi connectivity index (χ1n) is 7.31. The summed E-state index contributed by atoms with van der Waals surface area (Å²) in [7, 11) is -0.425. The van der Waals surface area contributed by atoms with E-state index in [1.165, 1.54) is 4.31 Å². The number of methoxy groups -OCH3 is 2. The number of ether oxygens (including phenoxy) is 2. The van der Waals surface area contributed by atoms with Gasteiger partial charge in [0.25, 0.3) is 10.0 Å². The van der Waals surface area contributed by atoms with Crippen molar-refractivity contribution in [3.05, 3.63) is 47.5 Å². The number of aryl methyl sites for hydroxylation is 1. The Morgan fingerprint density at radius 3 is 2.30 bits per heavy atom. The van der Waals surface area contributed by atoms with Crippen LogP contribution in [-0.4, -0.2) is 29.2 Å². The molecule has 1 aliphatic rings. The number of fused-ring (bicyclic) bond motifs is 1. The van der Waals surface area contributed by atoms with Gasteiger partial charge in [-0.2, -0.15) is 0 Å². The third kappa shape index (κ3) is 2.63. The normalized spacial score (nSPS) is 13.8. The van der Waals surface area contributed by atoms with Gasteiger partial charge in [-0.3, -0.25) is 4.31 Å². The van der Waals surface area contributed by atoms with E-state index in [2.05, 4.69) is 0 Å². The monoisotopic (exact) mass is 333 g/mol. The van der Waals surface area contributed by atoms with Gasteiger partial charge in [0, 0.05) is 6.54 Å². The van der Waals surface area contributed by atoms with E-state index in [1.807, 2.05) is 6.07 Å². The fourth-order valence-corrected chi connectivity index (χ4v) is 4.59. The van der Waals surface area contributed by atoms with Crippen LogP contribution in [0.2, 0.25) is 0 Å². The smallest absolute Gasteiger partial charge is 0.264 e. The molecule has 1 heterocycles. The molecule has 0 radical (unpaired) electrons. The summed E-state index contributed by atoms with van der Waals surface area (Å²) in [6.45, 7) is 2.22. The van der Waals surface area contributed by atoms with Gasteiger partial charge in [-0.05, 0) is 60.9 Å². The molecule has 0 aliphatic carbocycles. The Kier molecular flexibility index (Phi) is 3.93. The van der Waals surface area contributed by atoms with Crippen LogP contribution in [0.5, 0.6) is 11.5 Å². The van der Waals surface area contributed by atoms with Gasteiger partial charge in [-0.15, -0.1) is 0 Å². The molecule has 6 heteroatoms. The fraction of sp³-hybridized carbons (Fsp3) is 0.294. The molecule has 3 rings (SSSR count). The molecule has 0 saturated carbocycles. The Bertz CT molecular complexity index is 846. The maximum absolute atomic E-state index is 13.0. The van der Waals surface area contributed by atoms with E-state index in [4.69, 9.17) is 9.47 Å². The van der Waals surface area contributed by atoms with Gasteiger partial charge in [0.2, 0.25) is 0 Å². The number of anilines is 1. The summed E-state index contributed by atoms with van der Waals surface area (Å²) in [6, 6.07) is 10.5. The zero-order chi connectivity index (χ0) is 16.6. The maximum atomic E-state index is 13.0. The Labute approximate surface area is 136 Å². The van der Waals surface area contributed by atoms with Crippen LogP contribution in [0.25, 0.3) is 0 Å². The molecule has 0 spiro atoms. The summed E-state index contributed by atoms with van der Waals surface area (Å²) in [5.74, 6) is 1.39. The highest BCUT2D eigenvalue weighted by molar-refractivity contribution is 7.93. The topological polar surface area (TPSA) is 55.8 Å². The summed E-state index contributed by atoms with van der Waals surface area (Å²) >= 11 is 0. The number of hydrogen-bond acceptors (Lipinski definition) is 4. The van der Waals surface area contributed by atoms with Crippen LogP contribution in [-0.2, 0) is 16.4 Å². The van der Waals surface area contributed by atoms with Crippen molar-refractivity contribution in [1.82, 2.24) is 0 Å². The first-order chi connectivity index (χ1) is 11.0. The van der Waals surface area contributed by atoms with E-state index >= 15 is 0 Å². The van der Waals surface area contributed by atoms with Crippen LogP contribution in [0.4, 0.5) is 5.69 Å². The third-order valence-electron chi connectivity index (χ3n) is 4.09. The summed E-state index contributed by atoms with van der Waals surface area (Å²) in [4.78, 5) is 0.307. The lowest BCUT2D eigenvalue weighted by Gasteiger charge is -2.21. The molecular weight excluding hydrogens is 314 g/mol. The zero-order valence-electron chi connectivity index (χ0n) is 13.4. The second kappa shape index (κ2) is 5.77. The average molecular weight is 333 g/mol. The molecule has 0 unspecified atom stereocenters. The minimum Gasteiger partial charge on any atom is -0.497 e. The van der Waals surface area contributed by atoms with Gasteiger partial charge in [-0.1, -0.05) is 0 Å². The summed E-state index contributed by atoms with van der Waals surface area (Å²) in [5, 5.41) is 0. The lowest BCUT2D eigenvalue weighted by atomic mass is 10.1. The van der Waals surface area contributed by atoms with Crippen LogP contribution in [0.3, 0.4) is 0 Å². The van der Waals surface area contributed by atoms with Crippen molar-refractivity contribution in [2.24, 2.45) is 0 Å². The van der Waals surface area contributed by atoms with Crippen molar-refractivity contribution in [1.29, 1.82) is 0 Å². The molecule has 2 aromatic carbocycles. The van der Waals surface area contributed by atoms with Crippen LogP contribution in [0.15, 0.2) is 41.3 Å². The lowest BCUT2D eigenvalue weighted by Crippen LogP contribution is -2.29. The van der Waals surface area contributed by atoms with Crippen LogP contribution >= 0.6 is 0 Å². The third-order valence-corrected chi connectivity index (χ3v) is 6.06. The first-order valence-corrected chi connectivity index (χ1v) is 8.75. The fourth-order valence-electron chi connectivity index (χ4n) is 2.88. The molecule has 0 aromatic heterocycles. The highest BCUT2D eigenvalue weighted by atomic mass is 32.2. The highest BCUT2D eigenvalue weighted by Crippen LogP contribution is 2.36. The minimum atomic E-state index is -3.59. The Hall–Kier alpha value is -2.21. The van der Waals surface area contributed by atoms with Crippen molar-refractivity contribution in [2.45, 2.75) is 18.2 Å². The van der Waals surface area contributed by atoms with Crippen molar-refractivity contribution in [3.8, 4) is 11.5 Å². The molecule has 0 fully saturated rings. The largest absolute Gasteiger partial charge is 0.497 e. The molecule has 1 aliphatic heterocycles. The van der Waals surface area contributed by atoms with Crippen molar-refractivity contribution < 1.29 is 17.9 Å². The van der Waals surface area contributed by atoms with Gasteiger partial charge in [-0.25, -0.2) is 8.42 Å². The molecule has 0 bridgehead atoms. The number of nitrogens with zero attached hydrogens (tertiary/aromatic N) is 1. The maximum Gasteiger partial charge on any atom is 0.264 e. The van der Waals surface area contributed by atoms with E-state index in [-0.39, 0.29) is 0 Å². The summed E-state index contributed by atoms with van der Waals surface area (Å²) < 4.78 is 37.9. The van der Waals surface area contributed by atoms with Gasteiger partial charge in [0.05, 0.1) is 24.8 Å². The average Bonchev–Trinajstić information content (AvgIpc) is 2.98. The van der Waals surface area contributed by atoms with Crippen molar-refractivity contribution >= 4 is 15.7 Å². The molecule has 0 saturated heterocycles. The molecule has 0 N–H and O–H groups in total. The zero-order valence-corrected chi connectivity index (χ0v) is 14.2. The van der Waals surface area contributed by atoms with E-state index in [0.29, 0.717) is 29.2 Å². The van der Waals surface area contributed by atoms with E-state index < -0.39 is 10.0 Å². The Morgan fingerprint density at radius 1 is 1.00 bits per heavy atom. The second-order valence-corrected chi connectivity index (χ2v) is 7.28. The Morgan fingerprint density at radius 2 is 1.65 bits per heavy atom. The molecule has 122 valence electrons. The molecule has 0 amide bonds. The molecule has 23 heavy (non-hydrogen) atoms. The lowest BCUT2D eigenvalue weighted by molar-refractivity contribution is 0.414. The Balaban J connectivity index is 2.03. The standard InChI is InChI=1S/C17H19NO4S/c1-12-10-14(21-2)5-7-17(12)23(19,20)18-9-8-13-11-15(22-3)4-6-16(13)18/h4-7,10-11H,8-9H2,1-3H3. The van der Waals surface area contributed by atoms with Crippen LogP contribution < -0.4 is 13.8 Å². The van der Waals surface area contributed by atoms with Crippen molar-refractivity contribution in [3.63, 3.8) is 0 Å². The van der Waals surface area contributed by atoms with Crippen molar-refractivity contribution in [2.75, 3.05) is 25.1 Å². The van der Waals surface area contributed by atoms with E-state index in [1.54, 1.807) is 51.5 Å². The first kappa shape index (κ1) is 15.7. The predicted molar refractivity (Wildman–Crippen MR) is 89.0 cm³/mol. The minimum absolute atomic E-state index is 0.307. The summed E-state index contributed by atoms with van der Waals surface area (Å²) in [6.07, 6.45) is 0.682. The molecule has 2 aromatic rings. The highest BCUT2D eigenvalue weighted by Gasteiger charge is 2.32. The van der Waals surface area contributed by atoms with Crippen LogP contribution in [0, 0.1) is 6.92 Å². The van der Waals surface area contributed by atoms with Gasteiger partial charge in [0.15, 0.2) is 0 Å². The number of benzene rings is 2. The number of rotatable bonds is 4. The molecular formula is C17H19NO4S. The quantitative estimate of drug-likeness (QED) is 0.863. The second-order valence-electron chi connectivity index (χ2n) is 5.45. The van der Waals surface area contributed by atoms with E-state index in [9.17, 15) is 8.42 Å². The molecule has 5 nitrogen and oxygen atoms in total. The SMILES string of the molecule is COc1ccc(S(=O)(=O)N2CCc3cc(OC)ccc32)c(C)c1. The van der Waals surface area contributed by atoms with Gasteiger partial charge < -0.3 is 9.47 Å². The molecule has 0 atom stereocenters.